The summed E-state index contributed by atoms with van der Waals surface area (Å²) in [4.78, 5) is 11.8. The molecule has 0 aromatic carbocycles. The molecule has 0 bridgehead atoms. The molecular weight excluding hydrogens is 254 g/mol. The van der Waals surface area contributed by atoms with E-state index < -0.39 is 0 Å². The first-order valence-electron chi connectivity index (χ1n) is 7.68. The summed E-state index contributed by atoms with van der Waals surface area (Å²) in [6, 6.07) is 1.48. The fourth-order valence-corrected chi connectivity index (χ4v) is 2.06. The number of hydrogen-bond acceptors (Lipinski definition) is 4. The molecule has 0 amide bonds. The first-order chi connectivity index (χ1) is 9.77. The maximum absolute atomic E-state index is 11.8. The van der Waals surface area contributed by atoms with Crippen LogP contribution in [0, 0.1) is 0 Å². The number of rotatable bonds is 11. The highest BCUT2D eigenvalue weighted by molar-refractivity contribution is 5.13. The Morgan fingerprint density at radius 3 is 2.55 bits per heavy atom. The van der Waals surface area contributed by atoms with Crippen molar-refractivity contribution in [3.05, 3.63) is 22.6 Å². The minimum Gasteiger partial charge on any atom is -0.490 e. The van der Waals surface area contributed by atoms with Gasteiger partial charge in [0, 0.05) is 19.2 Å². The van der Waals surface area contributed by atoms with Gasteiger partial charge in [0.1, 0.15) is 12.4 Å². The van der Waals surface area contributed by atoms with E-state index in [9.17, 15) is 4.79 Å². The molecular formula is C15H27N3O2. The number of unbranched alkanes of at least 4 members (excludes halogenated alkanes) is 6. The lowest BCUT2D eigenvalue weighted by molar-refractivity contribution is 0.323. The predicted octanol–water partition coefficient (Wildman–Crippen LogP) is 2.33. The highest BCUT2D eigenvalue weighted by Gasteiger charge is 2.01. The molecule has 2 N–H and O–H groups in total. The van der Waals surface area contributed by atoms with Crippen LogP contribution in [0.25, 0.3) is 0 Å². The molecule has 0 atom stereocenters. The number of nitrogens with two attached hydrogens (primary N) is 1. The van der Waals surface area contributed by atoms with Gasteiger partial charge < -0.3 is 10.5 Å². The van der Waals surface area contributed by atoms with Crippen LogP contribution in [0.15, 0.2) is 17.1 Å². The highest BCUT2D eigenvalue weighted by Crippen LogP contribution is 2.08. The van der Waals surface area contributed by atoms with Crippen LogP contribution in [-0.4, -0.2) is 22.9 Å². The molecule has 0 fully saturated rings. The molecule has 114 valence electrons. The quantitative estimate of drug-likeness (QED) is 0.632. The average Bonchev–Trinajstić information content (AvgIpc) is 2.46. The van der Waals surface area contributed by atoms with Crippen molar-refractivity contribution in [2.45, 2.75) is 58.4 Å². The van der Waals surface area contributed by atoms with Crippen LogP contribution in [0.5, 0.6) is 5.75 Å². The van der Waals surface area contributed by atoms with Gasteiger partial charge in [0.25, 0.3) is 5.56 Å². The second-order valence-electron chi connectivity index (χ2n) is 5.01. The molecule has 0 aliphatic heterocycles. The molecule has 5 nitrogen and oxygen atoms in total. The Bertz CT molecular complexity index is 418. The van der Waals surface area contributed by atoms with Crippen LogP contribution in [0.1, 0.15) is 51.9 Å². The lowest BCUT2D eigenvalue weighted by Gasteiger charge is -2.07. The first-order valence-corrected chi connectivity index (χ1v) is 7.68. The maximum atomic E-state index is 11.8. The van der Waals surface area contributed by atoms with E-state index in [1.54, 1.807) is 6.20 Å². The molecule has 1 heterocycles. The van der Waals surface area contributed by atoms with Crippen LogP contribution in [0.4, 0.5) is 0 Å². The third-order valence-corrected chi connectivity index (χ3v) is 3.20. The van der Waals surface area contributed by atoms with Gasteiger partial charge >= 0.3 is 0 Å². The van der Waals surface area contributed by atoms with Gasteiger partial charge in [-0.2, -0.15) is 5.10 Å². The van der Waals surface area contributed by atoms with Crippen molar-refractivity contribution < 1.29 is 4.74 Å². The maximum Gasteiger partial charge on any atom is 0.270 e. The monoisotopic (exact) mass is 281 g/mol. The third-order valence-electron chi connectivity index (χ3n) is 3.20. The number of aromatic nitrogens is 2. The van der Waals surface area contributed by atoms with Gasteiger partial charge in [-0.25, -0.2) is 4.68 Å². The third kappa shape index (κ3) is 6.70. The molecule has 0 saturated heterocycles. The Morgan fingerprint density at radius 2 is 1.90 bits per heavy atom. The minimum absolute atomic E-state index is 0.106. The molecule has 0 unspecified atom stereocenters. The average molecular weight is 281 g/mol. The summed E-state index contributed by atoms with van der Waals surface area (Å²) >= 11 is 0. The molecule has 0 aliphatic rings. The van der Waals surface area contributed by atoms with Crippen molar-refractivity contribution in [2.75, 3.05) is 13.2 Å². The lowest BCUT2D eigenvalue weighted by Crippen LogP contribution is -2.22. The number of ether oxygens (including phenoxy) is 1. The minimum atomic E-state index is -0.106. The van der Waals surface area contributed by atoms with Crippen molar-refractivity contribution in [1.29, 1.82) is 0 Å². The summed E-state index contributed by atoms with van der Waals surface area (Å²) in [5.74, 6) is 0.497. The predicted molar refractivity (Wildman–Crippen MR) is 81.0 cm³/mol. The van der Waals surface area contributed by atoms with Crippen molar-refractivity contribution in [3.63, 3.8) is 0 Å². The standard InChI is InChI=1S/C15H27N3O2/c1-2-3-4-5-6-7-8-10-18-15(19)12-14(13-17-18)20-11-9-16/h12-13H,2-11,16H2,1H3. The number of nitrogens with zero attached hydrogens (tertiary/aromatic N) is 2. The summed E-state index contributed by atoms with van der Waals surface area (Å²) in [5.41, 5.74) is 5.23. The van der Waals surface area contributed by atoms with E-state index in [2.05, 4.69) is 12.0 Å². The Hall–Kier alpha value is -1.36. The normalized spacial score (nSPS) is 10.7. The van der Waals surface area contributed by atoms with Crippen LogP contribution in [0.2, 0.25) is 0 Å². The molecule has 0 spiro atoms. The van der Waals surface area contributed by atoms with Gasteiger partial charge in [-0.1, -0.05) is 45.4 Å². The van der Waals surface area contributed by atoms with Crippen molar-refractivity contribution >= 4 is 0 Å². The topological polar surface area (TPSA) is 70.1 Å². The van der Waals surface area contributed by atoms with E-state index >= 15 is 0 Å². The summed E-state index contributed by atoms with van der Waals surface area (Å²) in [6.07, 6.45) is 10.2. The van der Waals surface area contributed by atoms with Crippen LogP contribution < -0.4 is 16.0 Å². The SMILES string of the molecule is CCCCCCCCCn1ncc(OCCN)cc1=O. The smallest absolute Gasteiger partial charge is 0.270 e. The van der Waals surface area contributed by atoms with E-state index in [4.69, 9.17) is 10.5 Å². The molecule has 0 radical (unpaired) electrons. The Kier molecular flexibility index (Phi) is 8.71. The van der Waals surface area contributed by atoms with E-state index in [0.29, 0.717) is 25.4 Å². The van der Waals surface area contributed by atoms with Gasteiger partial charge in [-0.3, -0.25) is 4.79 Å². The van der Waals surface area contributed by atoms with Gasteiger partial charge in [-0.05, 0) is 6.42 Å². The van der Waals surface area contributed by atoms with Gasteiger partial charge in [-0.15, -0.1) is 0 Å². The zero-order valence-electron chi connectivity index (χ0n) is 12.5. The van der Waals surface area contributed by atoms with E-state index in [-0.39, 0.29) is 5.56 Å². The Labute approximate surface area is 121 Å². The highest BCUT2D eigenvalue weighted by atomic mass is 16.5. The van der Waals surface area contributed by atoms with Gasteiger partial charge in [0.15, 0.2) is 0 Å². The zero-order valence-corrected chi connectivity index (χ0v) is 12.5. The zero-order chi connectivity index (χ0) is 14.6. The van der Waals surface area contributed by atoms with Crippen molar-refractivity contribution in [3.8, 4) is 5.75 Å². The van der Waals surface area contributed by atoms with E-state index in [1.807, 2.05) is 0 Å². The van der Waals surface area contributed by atoms with Crippen LogP contribution in [-0.2, 0) is 6.54 Å². The van der Waals surface area contributed by atoms with Crippen LogP contribution in [0.3, 0.4) is 0 Å². The summed E-state index contributed by atoms with van der Waals surface area (Å²) in [7, 11) is 0. The molecule has 1 rings (SSSR count). The summed E-state index contributed by atoms with van der Waals surface area (Å²) in [5, 5.41) is 4.12. The number of aryl methyl sites for hydroxylation is 1. The Morgan fingerprint density at radius 1 is 1.20 bits per heavy atom. The van der Waals surface area contributed by atoms with Crippen LogP contribution >= 0.6 is 0 Å². The van der Waals surface area contributed by atoms with Gasteiger partial charge in [0.05, 0.1) is 6.20 Å². The summed E-state index contributed by atoms with van der Waals surface area (Å²) < 4.78 is 6.77. The molecule has 0 saturated carbocycles. The second-order valence-corrected chi connectivity index (χ2v) is 5.01. The second kappa shape index (κ2) is 10.4. The number of hydrogen-bond donors (Lipinski definition) is 1. The van der Waals surface area contributed by atoms with Gasteiger partial charge in [0.2, 0.25) is 0 Å². The largest absolute Gasteiger partial charge is 0.490 e. The fourth-order valence-electron chi connectivity index (χ4n) is 2.06. The molecule has 0 aliphatic carbocycles. The lowest BCUT2D eigenvalue weighted by atomic mass is 10.1. The first kappa shape index (κ1) is 16.7. The molecule has 1 aromatic heterocycles. The van der Waals surface area contributed by atoms with Crippen molar-refractivity contribution in [2.24, 2.45) is 5.73 Å². The molecule has 1 aromatic rings. The Balaban J connectivity index is 2.25. The van der Waals surface area contributed by atoms with E-state index in [0.717, 1.165) is 12.8 Å². The fraction of sp³-hybridized carbons (Fsp3) is 0.733. The van der Waals surface area contributed by atoms with E-state index in [1.165, 1.54) is 42.9 Å². The molecule has 20 heavy (non-hydrogen) atoms. The molecule has 5 heteroatoms. The summed E-state index contributed by atoms with van der Waals surface area (Å²) in [6.45, 7) is 3.74. The van der Waals surface area contributed by atoms with Crippen molar-refractivity contribution in [1.82, 2.24) is 9.78 Å².